The Bertz CT molecular complexity index is 238. The van der Waals surface area contributed by atoms with Gasteiger partial charge in [0.1, 0.15) is 0 Å². The molecule has 0 bridgehead atoms. The zero-order chi connectivity index (χ0) is 12.8. The monoisotopic (exact) mass is 242 g/mol. The lowest BCUT2D eigenvalue weighted by atomic mass is 9.97. The van der Waals surface area contributed by atoms with Crippen molar-refractivity contribution in [3.05, 3.63) is 0 Å². The molecule has 0 aromatic carbocycles. The van der Waals surface area contributed by atoms with Crippen molar-refractivity contribution in [2.45, 2.75) is 52.1 Å². The Labute approximate surface area is 104 Å². The smallest absolute Gasteiger partial charge is 0.237 e. The topological polar surface area (TPSA) is 52.6 Å². The highest BCUT2D eigenvalue weighted by Crippen LogP contribution is 2.18. The number of nitrogens with one attached hydrogen (secondary N) is 1. The van der Waals surface area contributed by atoms with E-state index in [1.54, 1.807) is 0 Å². The van der Waals surface area contributed by atoms with Gasteiger partial charge in [-0.2, -0.15) is 0 Å². The standard InChI is InChI=1S/C13H26N2O2/c1-4-10(2)14-13(17)11(3)15-7-5-12(9-16)6-8-15/h10-12,16H,4-9H2,1-3H3,(H,14,17). The van der Waals surface area contributed by atoms with Gasteiger partial charge < -0.3 is 10.4 Å². The maximum atomic E-state index is 12.0. The van der Waals surface area contributed by atoms with Crippen LogP contribution in [0, 0.1) is 5.92 Å². The Morgan fingerprint density at radius 1 is 1.41 bits per heavy atom. The van der Waals surface area contributed by atoms with Crippen molar-refractivity contribution in [2.75, 3.05) is 19.7 Å². The molecule has 0 aliphatic carbocycles. The molecule has 2 atom stereocenters. The molecule has 0 radical (unpaired) electrons. The fraction of sp³-hybridized carbons (Fsp3) is 0.923. The molecule has 1 rings (SSSR count). The zero-order valence-electron chi connectivity index (χ0n) is 11.3. The van der Waals surface area contributed by atoms with Gasteiger partial charge in [0.2, 0.25) is 5.91 Å². The fourth-order valence-corrected chi connectivity index (χ4v) is 2.15. The quantitative estimate of drug-likeness (QED) is 0.756. The predicted molar refractivity (Wildman–Crippen MR) is 68.7 cm³/mol. The number of rotatable bonds is 5. The van der Waals surface area contributed by atoms with Gasteiger partial charge in [-0.05, 0) is 52.1 Å². The first kappa shape index (κ1) is 14.5. The second-order valence-corrected chi connectivity index (χ2v) is 5.16. The van der Waals surface area contributed by atoms with Crippen LogP contribution in [-0.2, 0) is 4.79 Å². The third-order valence-corrected chi connectivity index (χ3v) is 3.84. The molecular weight excluding hydrogens is 216 g/mol. The lowest BCUT2D eigenvalue weighted by Crippen LogP contribution is -2.50. The van der Waals surface area contributed by atoms with Crippen molar-refractivity contribution in [3.8, 4) is 0 Å². The number of aliphatic hydroxyl groups is 1. The van der Waals surface area contributed by atoms with Crippen molar-refractivity contribution in [2.24, 2.45) is 5.92 Å². The molecule has 1 aliphatic rings. The molecule has 0 aromatic rings. The maximum absolute atomic E-state index is 12.0. The van der Waals surface area contributed by atoms with Gasteiger partial charge in [0.25, 0.3) is 0 Å². The number of hydrogen-bond acceptors (Lipinski definition) is 3. The second kappa shape index (κ2) is 6.97. The Hall–Kier alpha value is -0.610. The van der Waals surface area contributed by atoms with Gasteiger partial charge in [-0.3, -0.25) is 9.69 Å². The minimum absolute atomic E-state index is 0.0522. The SMILES string of the molecule is CCC(C)NC(=O)C(C)N1CCC(CO)CC1. The summed E-state index contributed by atoms with van der Waals surface area (Å²) in [5.74, 6) is 0.554. The van der Waals surface area contributed by atoms with E-state index < -0.39 is 0 Å². The molecule has 2 N–H and O–H groups in total. The summed E-state index contributed by atoms with van der Waals surface area (Å²) in [7, 11) is 0. The molecule has 4 heteroatoms. The van der Waals surface area contributed by atoms with Gasteiger partial charge in [-0.25, -0.2) is 0 Å². The number of aliphatic hydroxyl groups excluding tert-OH is 1. The van der Waals surface area contributed by atoms with Crippen molar-refractivity contribution >= 4 is 5.91 Å². The Balaban J connectivity index is 2.37. The Morgan fingerprint density at radius 3 is 2.47 bits per heavy atom. The van der Waals surface area contributed by atoms with Crippen LogP contribution in [0.25, 0.3) is 0 Å². The summed E-state index contributed by atoms with van der Waals surface area (Å²) in [4.78, 5) is 14.2. The van der Waals surface area contributed by atoms with Gasteiger partial charge in [-0.1, -0.05) is 6.92 Å². The highest BCUT2D eigenvalue weighted by atomic mass is 16.3. The summed E-state index contributed by atoms with van der Waals surface area (Å²) in [6.07, 6.45) is 2.96. The van der Waals surface area contributed by atoms with Crippen molar-refractivity contribution in [3.63, 3.8) is 0 Å². The van der Waals surface area contributed by atoms with Crippen molar-refractivity contribution in [1.29, 1.82) is 0 Å². The van der Waals surface area contributed by atoms with Gasteiger partial charge in [0, 0.05) is 12.6 Å². The molecule has 100 valence electrons. The van der Waals surface area contributed by atoms with Crippen molar-refractivity contribution < 1.29 is 9.90 Å². The Morgan fingerprint density at radius 2 is 2.00 bits per heavy atom. The number of likely N-dealkylation sites (tertiary alicyclic amines) is 1. The minimum atomic E-state index is -0.0522. The van der Waals surface area contributed by atoms with Gasteiger partial charge >= 0.3 is 0 Å². The van der Waals surface area contributed by atoms with E-state index >= 15 is 0 Å². The first-order chi connectivity index (χ1) is 8.08. The summed E-state index contributed by atoms with van der Waals surface area (Å²) in [6.45, 7) is 8.18. The van der Waals surface area contributed by atoms with E-state index in [1.165, 1.54) is 0 Å². The molecule has 0 aromatic heterocycles. The van der Waals surface area contributed by atoms with E-state index in [-0.39, 0.29) is 24.6 Å². The number of nitrogens with zero attached hydrogens (tertiary/aromatic N) is 1. The molecule has 17 heavy (non-hydrogen) atoms. The Kier molecular flexibility index (Phi) is 5.92. The van der Waals surface area contributed by atoms with Crippen LogP contribution < -0.4 is 5.32 Å². The molecule has 2 unspecified atom stereocenters. The fourth-order valence-electron chi connectivity index (χ4n) is 2.15. The van der Waals surface area contributed by atoms with Gasteiger partial charge in [-0.15, -0.1) is 0 Å². The largest absolute Gasteiger partial charge is 0.396 e. The molecular formula is C13H26N2O2. The summed E-state index contributed by atoms with van der Waals surface area (Å²) < 4.78 is 0. The summed E-state index contributed by atoms with van der Waals surface area (Å²) in [5.41, 5.74) is 0. The van der Waals surface area contributed by atoms with Crippen LogP contribution in [0.15, 0.2) is 0 Å². The number of amides is 1. The average molecular weight is 242 g/mol. The first-order valence-corrected chi connectivity index (χ1v) is 6.73. The van der Waals surface area contributed by atoms with Gasteiger partial charge in [0.05, 0.1) is 6.04 Å². The van der Waals surface area contributed by atoms with Crippen LogP contribution in [-0.4, -0.2) is 47.7 Å². The average Bonchev–Trinajstić information content (AvgIpc) is 2.37. The van der Waals surface area contributed by atoms with Crippen LogP contribution in [0.5, 0.6) is 0 Å². The highest BCUT2D eigenvalue weighted by Gasteiger charge is 2.26. The summed E-state index contributed by atoms with van der Waals surface area (Å²) in [5, 5.41) is 12.1. The van der Waals surface area contributed by atoms with E-state index in [2.05, 4.69) is 17.1 Å². The highest BCUT2D eigenvalue weighted by molar-refractivity contribution is 5.81. The van der Waals surface area contributed by atoms with Crippen LogP contribution in [0.2, 0.25) is 0 Å². The second-order valence-electron chi connectivity index (χ2n) is 5.16. The van der Waals surface area contributed by atoms with Crippen LogP contribution >= 0.6 is 0 Å². The number of piperidine rings is 1. The van der Waals surface area contributed by atoms with Crippen LogP contribution in [0.4, 0.5) is 0 Å². The molecule has 0 spiro atoms. The number of carbonyl (C=O) groups is 1. The first-order valence-electron chi connectivity index (χ1n) is 6.73. The van der Waals surface area contributed by atoms with Crippen molar-refractivity contribution in [1.82, 2.24) is 10.2 Å². The molecule has 1 saturated heterocycles. The summed E-state index contributed by atoms with van der Waals surface area (Å²) in [6, 6.07) is 0.198. The van der Waals surface area contributed by atoms with Crippen LogP contribution in [0.3, 0.4) is 0 Å². The van der Waals surface area contributed by atoms with Crippen LogP contribution in [0.1, 0.15) is 40.0 Å². The van der Waals surface area contributed by atoms with E-state index in [1.807, 2.05) is 13.8 Å². The molecule has 1 aliphatic heterocycles. The normalized spacial score (nSPS) is 22.1. The van der Waals surface area contributed by atoms with Gasteiger partial charge in [0.15, 0.2) is 0 Å². The van der Waals surface area contributed by atoms with E-state index in [0.29, 0.717) is 5.92 Å². The summed E-state index contributed by atoms with van der Waals surface area (Å²) >= 11 is 0. The zero-order valence-corrected chi connectivity index (χ0v) is 11.3. The lowest BCUT2D eigenvalue weighted by molar-refractivity contribution is -0.127. The third kappa shape index (κ3) is 4.28. The lowest BCUT2D eigenvalue weighted by Gasteiger charge is -2.35. The molecule has 1 fully saturated rings. The molecule has 0 saturated carbocycles. The predicted octanol–water partition coefficient (Wildman–Crippen LogP) is 0.994. The van der Waals surface area contributed by atoms with E-state index in [4.69, 9.17) is 5.11 Å². The third-order valence-electron chi connectivity index (χ3n) is 3.84. The minimum Gasteiger partial charge on any atom is -0.396 e. The number of carbonyl (C=O) groups excluding carboxylic acids is 1. The van der Waals surface area contributed by atoms with E-state index in [9.17, 15) is 4.79 Å². The maximum Gasteiger partial charge on any atom is 0.237 e. The molecule has 4 nitrogen and oxygen atoms in total. The van der Waals surface area contributed by atoms with E-state index in [0.717, 1.165) is 32.4 Å². The molecule has 1 amide bonds. The molecule has 1 heterocycles. The number of hydrogen-bond donors (Lipinski definition) is 2.